The molecule has 1 aliphatic carbocycles. The Kier molecular flexibility index (Phi) is 9.81. The molecule has 1 rings (SSSR count). The molecule has 4 nitrogen and oxygen atoms in total. The highest BCUT2D eigenvalue weighted by atomic mass is 127. The summed E-state index contributed by atoms with van der Waals surface area (Å²) in [5.74, 6) is 1.78. The maximum Gasteiger partial charge on any atom is 0.191 e. The van der Waals surface area contributed by atoms with E-state index >= 15 is 0 Å². The topological polar surface area (TPSA) is 45.7 Å². The molecule has 0 spiro atoms. The minimum Gasteiger partial charge on any atom is -0.383 e. The Labute approximate surface area is 128 Å². The van der Waals surface area contributed by atoms with Gasteiger partial charge < -0.3 is 15.4 Å². The van der Waals surface area contributed by atoms with Crippen LogP contribution >= 0.6 is 24.0 Å². The number of hydrogen-bond donors (Lipinski definition) is 2. The maximum atomic E-state index is 5.12. The number of ether oxygens (including phenoxy) is 1. The van der Waals surface area contributed by atoms with Crippen LogP contribution in [0.5, 0.6) is 0 Å². The van der Waals surface area contributed by atoms with Crippen molar-refractivity contribution in [3.63, 3.8) is 0 Å². The third-order valence-corrected chi connectivity index (χ3v) is 3.02. The summed E-state index contributed by atoms with van der Waals surface area (Å²) in [6.07, 6.45) is 3.89. The van der Waals surface area contributed by atoms with Gasteiger partial charge in [0.2, 0.25) is 0 Å². The zero-order chi connectivity index (χ0) is 12.7. The zero-order valence-corrected chi connectivity index (χ0v) is 14.4. The Morgan fingerprint density at radius 1 is 1.44 bits per heavy atom. The number of rotatable bonds is 7. The van der Waals surface area contributed by atoms with Crippen LogP contribution in [0.1, 0.15) is 40.0 Å². The van der Waals surface area contributed by atoms with Crippen LogP contribution in [0, 0.1) is 5.92 Å². The molecule has 0 amide bonds. The van der Waals surface area contributed by atoms with Gasteiger partial charge in [0.05, 0.1) is 6.61 Å². The lowest BCUT2D eigenvalue weighted by Crippen LogP contribution is -2.45. The summed E-state index contributed by atoms with van der Waals surface area (Å²) in [6.45, 7) is 7.91. The first-order valence-corrected chi connectivity index (χ1v) is 6.77. The van der Waals surface area contributed by atoms with Crippen LogP contribution in [0.25, 0.3) is 0 Å². The van der Waals surface area contributed by atoms with Gasteiger partial charge in [-0.3, -0.25) is 4.99 Å². The zero-order valence-electron chi connectivity index (χ0n) is 12.0. The van der Waals surface area contributed by atoms with E-state index in [-0.39, 0.29) is 24.0 Å². The van der Waals surface area contributed by atoms with Gasteiger partial charge in [0, 0.05) is 25.7 Å². The number of methoxy groups -OCH3 is 1. The van der Waals surface area contributed by atoms with Gasteiger partial charge >= 0.3 is 0 Å². The summed E-state index contributed by atoms with van der Waals surface area (Å²) in [7, 11) is 1.72. The second kappa shape index (κ2) is 9.83. The molecular formula is C13H28IN3O. The Morgan fingerprint density at radius 2 is 2.17 bits per heavy atom. The molecule has 3 atom stereocenters. The minimum atomic E-state index is 0. The van der Waals surface area contributed by atoms with E-state index in [0.29, 0.717) is 18.7 Å². The monoisotopic (exact) mass is 369 g/mol. The number of guanidine groups is 1. The third-order valence-electron chi connectivity index (χ3n) is 3.02. The Morgan fingerprint density at radius 3 is 2.72 bits per heavy atom. The van der Waals surface area contributed by atoms with Crippen LogP contribution in [-0.2, 0) is 4.74 Å². The number of nitrogens with one attached hydrogen (secondary N) is 2. The average Bonchev–Trinajstić information content (AvgIpc) is 2.97. The molecule has 2 N–H and O–H groups in total. The summed E-state index contributed by atoms with van der Waals surface area (Å²) in [4.78, 5) is 4.46. The molecule has 1 saturated carbocycles. The molecule has 0 aliphatic heterocycles. The van der Waals surface area contributed by atoms with Crippen LogP contribution in [0.4, 0.5) is 0 Å². The van der Waals surface area contributed by atoms with Gasteiger partial charge in [-0.2, -0.15) is 0 Å². The Hall–Kier alpha value is -0.0400. The van der Waals surface area contributed by atoms with Crippen molar-refractivity contribution in [2.75, 3.05) is 20.3 Å². The highest BCUT2D eigenvalue weighted by Gasteiger charge is 2.36. The molecule has 0 heterocycles. The van der Waals surface area contributed by atoms with Crippen molar-refractivity contribution in [2.45, 2.75) is 52.1 Å². The van der Waals surface area contributed by atoms with Gasteiger partial charge in [0.25, 0.3) is 0 Å². The van der Waals surface area contributed by atoms with Crippen molar-refractivity contribution in [3.8, 4) is 0 Å². The smallest absolute Gasteiger partial charge is 0.191 e. The molecule has 5 heteroatoms. The first-order chi connectivity index (χ1) is 8.21. The van der Waals surface area contributed by atoms with Crippen LogP contribution in [0.2, 0.25) is 0 Å². The van der Waals surface area contributed by atoms with E-state index in [0.717, 1.165) is 18.4 Å². The summed E-state index contributed by atoms with van der Waals surface area (Å²) >= 11 is 0. The highest BCUT2D eigenvalue weighted by Crippen LogP contribution is 2.34. The lowest BCUT2D eigenvalue weighted by atomic mass is 10.2. The normalized spacial score (nSPS) is 24.1. The van der Waals surface area contributed by atoms with Crippen LogP contribution in [0.3, 0.4) is 0 Å². The SMILES string of the molecule is CCCC1CC1NC(=NCC)NC(C)COC.I. The van der Waals surface area contributed by atoms with E-state index < -0.39 is 0 Å². The quantitative estimate of drug-likeness (QED) is 0.412. The van der Waals surface area contributed by atoms with Gasteiger partial charge in [0.1, 0.15) is 0 Å². The van der Waals surface area contributed by atoms with Gasteiger partial charge in [-0.25, -0.2) is 0 Å². The molecule has 0 bridgehead atoms. The number of nitrogens with zero attached hydrogens (tertiary/aromatic N) is 1. The van der Waals surface area contributed by atoms with Crippen molar-refractivity contribution in [1.29, 1.82) is 0 Å². The molecule has 0 radical (unpaired) electrons. The van der Waals surface area contributed by atoms with Gasteiger partial charge in [-0.15, -0.1) is 24.0 Å². The van der Waals surface area contributed by atoms with Crippen molar-refractivity contribution < 1.29 is 4.74 Å². The number of aliphatic imine (C=N–C) groups is 1. The van der Waals surface area contributed by atoms with E-state index in [1.165, 1.54) is 19.3 Å². The standard InChI is InChI=1S/C13H27N3O.HI/c1-5-7-11-8-12(11)16-13(14-6-2)15-10(3)9-17-4;/h10-12H,5-9H2,1-4H3,(H2,14,15,16);1H. The average molecular weight is 369 g/mol. The summed E-state index contributed by atoms with van der Waals surface area (Å²) in [5.41, 5.74) is 0. The van der Waals surface area contributed by atoms with Crippen molar-refractivity contribution >= 4 is 29.9 Å². The molecule has 0 aromatic heterocycles. The third kappa shape index (κ3) is 6.78. The molecule has 0 saturated heterocycles. The molecule has 1 fully saturated rings. The van der Waals surface area contributed by atoms with Crippen LogP contribution in [0.15, 0.2) is 4.99 Å². The number of hydrogen-bond acceptors (Lipinski definition) is 2. The van der Waals surface area contributed by atoms with Crippen molar-refractivity contribution in [1.82, 2.24) is 10.6 Å². The van der Waals surface area contributed by atoms with Gasteiger partial charge in [0.15, 0.2) is 5.96 Å². The molecule has 0 aromatic rings. The minimum absolute atomic E-state index is 0. The first-order valence-electron chi connectivity index (χ1n) is 6.77. The molecule has 3 unspecified atom stereocenters. The van der Waals surface area contributed by atoms with Gasteiger partial charge in [-0.05, 0) is 32.6 Å². The Bertz CT molecular complexity index is 248. The fourth-order valence-corrected chi connectivity index (χ4v) is 2.11. The van der Waals surface area contributed by atoms with E-state index in [1.54, 1.807) is 7.11 Å². The first kappa shape index (κ1) is 18.0. The van der Waals surface area contributed by atoms with Crippen molar-refractivity contribution in [3.05, 3.63) is 0 Å². The Balaban J connectivity index is 0.00000289. The van der Waals surface area contributed by atoms with E-state index in [2.05, 4.69) is 36.4 Å². The fraction of sp³-hybridized carbons (Fsp3) is 0.923. The predicted molar refractivity (Wildman–Crippen MR) is 87.8 cm³/mol. The molecule has 108 valence electrons. The van der Waals surface area contributed by atoms with Crippen LogP contribution in [-0.4, -0.2) is 38.3 Å². The second-order valence-electron chi connectivity index (χ2n) is 4.86. The lowest BCUT2D eigenvalue weighted by molar-refractivity contribution is 0.179. The molecule has 1 aliphatic rings. The van der Waals surface area contributed by atoms with Crippen molar-refractivity contribution in [2.24, 2.45) is 10.9 Å². The van der Waals surface area contributed by atoms with Crippen LogP contribution < -0.4 is 10.6 Å². The second-order valence-corrected chi connectivity index (χ2v) is 4.86. The lowest BCUT2D eigenvalue weighted by Gasteiger charge is -2.17. The number of halogens is 1. The summed E-state index contributed by atoms with van der Waals surface area (Å²) in [5, 5.41) is 6.87. The summed E-state index contributed by atoms with van der Waals surface area (Å²) < 4.78 is 5.12. The highest BCUT2D eigenvalue weighted by molar-refractivity contribution is 14.0. The molecular weight excluding hydrogens is 341 g/mol. The van der Waals surface area contributed by atoms with Gasteiger partial charge in [-0.1, -0.05) is 13.3 Å². The predicted octanol–water partition coefficient (Wildman–Crippen LogP) is 2.38. The fourth-order valence-electron chi connectivity index (χ4n) is 2.11. The summed E-state index contributed by atoms with van der Waals surface area (Å²) in [6, 6.07) is 0.920. The maximum absolute atomic E-state index is 5.12. The largest absolute Gasteiger partial charge is 0.383 e. The van der Waals surface area contributed by atoms with E-state index in [4.69, 9.17) is 4.74 Å². The van der Waals surface area contributed by atoms with E-state index in [9.17, 15) is 0 Å². The molecule has 18 heavy (non-hydrogen) atoms. The molecule has 0 aromatic carbocycles. The van der Waals surface area contributed by atoms with E-state index in [1.807, 2.05) is 0 Å².